The van der Waals surface area contributed by atoms with E-state index < -0.39 is 11.6 Å². The highest BCUT2D eigenvalue weighted by Crippen LogP contribution is 2.31. The fourth-order valence-electron chi connectivity index (χ4n) is 2.90. The maximum atomic E-state index is 13.2. The Balaban J connectivity index is 2.11. The molecule has 1 saturated carbocycles. The van der Waals surface area contributed by atoms with Crippen LogP contribution in [-0.4, -0.2) is 5.54 Å². The summed E-state index contributed by atoms with van der Waals surface area (Å²) in [5.41, 5.74) is 6.78. The third-order valence-corrected chi connectivity index (χ3v) is 3.99. The Morgan fingerprint density at radius 1 is 1.17 bits per heavy atom. The molecule has 0 bridgehead atoms. The summed E-state index contributed by atoms with van der Waals surface area (Å²) in [7, 11) is 0. The van der Waals surface area contributed by atoms with Crippen molar-refractivity contribution in [2.75, 3.05) is 0 Å². The zero-order valence-electron chi connectivity index (χ0n) is 10.9. The first kappa shape index (κ1) is 13.5. The summed E-state index contributed by atoms with van der Waals surface area (Å²) in [5.74, 6) is -0.328. The van der Waals surface area contributed by atoms with Crippen molar-refractivity contribution in [3.63, 3.8) is 0 Å². The van der Waals surface area contributed by atoms with E-state index in [9.17, 15) is 8.78 Å². The van der Waals surface area contributed by atoms with Crippen molar-refractivity contribution >= 4 is 0 Å². The van der Waals surface area contributed by atoms with Crippen LogP contribution in [-0.2, 0) is 6.42 Å². The van der Waals surface area contributed by atoms with Crippen LogP contribution < -0.4 is 5.73 Å². The molecule has 1 fully saturated rings. The molecule has 1 aliphatic carbocycles. The Morgan fingerprint density at radius 3 is 2.50 bits per heavy atom. The summed E-state index contributed by atoms with van der Waals surface area (Å²) in [6.07, 6.45) is 5.86. The van der Waals surface area contributed by atoms with E-state index in [1.807, 2.05) is 0 Å². The second-order valence-corrected chi connectivity index (χ2v) is 5.85. The first-order chi connectivity index (χ1) is 8.47. The first-order valence-electron chi connectivity index (χ1n) is 6.71. The SMILES string of the molecule is CC1CCCC(N)(Cc2cc(F)cc(F)c2)CC1. The molecule has 2 N–H and O–H groups in total. The van der Waals surface area contributed by atoms with E-state index in [4.69, 9.17) is 5.73 Å². The molecular formula is C15H21F2N. The van der Waals surface area contributed by atoms with Crippen molar-refractivity contribution in [3.05, 3.63) is 35.4 Å². The maximum Gasteiger partial charge on any atom is 0.126 e. The lowest BCUT2D eigenvalue weighted by atomic mass is 9.84. The van der Waals surface area contributed by atoms with Gasteiger partial charge in [-0.2, -0.15) is 0 Å². The molecule has 1 aromatic rings. The maximum absolute atomic E-state index is 13.2. The topological polar surface area (TPSA) is 26.0 Å². The third kappa shape index (κ3) is 3.52. The van der Waals surface area contributed by atoms with Crippen molar-refractivity contribution in [2.45, 2.75) is 51.0 Å². The summed E-state index contributed by atoms with van der Waals surface area (Å²) in [6.45, 7) is 2.24. The molecule has 0 radical (unpaired) electrons. The second kappa shape index (κ2) is 5.35. The van der Waals surface area contributed by atoms with Gasteiger partial charge in [-0.3, -0.25) is 0 Å². The number of benzene rings is 1. The smallest absolute Gasteiger partial charge is 0.126 e. The summed E-state index contributed by atoms with van der Waals surface area (Å²) in [5, 5.41) is 0. The lowest BCUT2D eigenvalue weighted by molar-refractivity contribution is 0.362. The van der Waals surface area contributed by atoms with Gasteiger partial charge in [-0.05, 0) is 49.3 Å². The molecule has 0 saturated heterocycles. The third-order valence-electron chi connectivity index (χ3n) is 3.99. The van der Waals surface area contributed by atoms with Gasteiger partial charge < -0.3 is 5.73 Å². The minimum absolute atomic E-state index is 0.301. The molecule has 2 atom stereocenters. The fourth-order valence-corrected chi connectivity index (χ4v) is 2.90. The molecule has 0 amide bonds. The predicted octanol–water partition coefficient (Wildman–Crippen LogP) is 3.81. The highest BCUT2D eigenvalue weighted by Gasteiger charge is 2.28. The molecule has 0 aliphatic heterocycles. The Morgan fingerprint density at radius 2 is 1.83 bits per heavy atom. The highest BCUT2D eigenvalue weighted by atomic mass is 19.1. The Labute approximate surface area is 107 Å². The van der Waals surface area contributed by atoms with E-state index in [0.717, 1.165) is 31.7 Å². The minimum atomic E-state index is -0.518. The second-order valence-electron chi connectivity index (χ2n) is 5.85. The van der Waals surface area contributed by atoms with Crippen LogP contribution in [0.4, 0.5) is 8.78 Å². The summed E-state index contributed by atoms with van der Waals surface area (Å²) in [4.78, 5) is 0. The number of rotatable bonds is 2. The molecule has 3 heteroatoms. The summed E-state index contributed by atoms with van der Waals surface area (Å²) < 4.78 is 26.3. The van der Waals surface area contributed by atoms with Crippen molar-refractivity contribution in [1.82, 2.24) is 0 Å². The molecule has 0 spiro atoms. The van der Waals surface area contributed by atoms with E-state index in [2.05, 4.69) is 6.92 Å². The van der Waals surface area contributed by atoms with Gasteiger partial charge in [-0.25, -0.2) is 8.78 Å². The van der Waals surface area contributed by atoms with Crippen LogP contribution in [0.25, 0.3) is 0 Å². The standard InChI is InChI=1S/C15H21F2N/c1-11-3-2-5-15(18,6-4-11)10-12-7-13(16)9-14(17)8-12/h7-9,11H,2-6,10,18H2,1H3. The van der Waals surface area contributed by atoms with Gasteiger partial charge >= 0.3 is 0 Å². The van der Waals surface area contributed by atoms with Gasteiger partial charge in [0.15, 0.2) is 0 Å². The molecule has 18 heavy (non-hydrogen) atoms. The molecule has 0 aromatic heterocycles. The summed E-state index contributed by atoms with van der Waals surface area (Å²) >= 11 is 0. The molecular weight excluding hydrogens is 232 g/mol. The lowest BCUT2D eigenvalue weighted by Gasteiger charge is -2.28. The van der Waals surface area contributed by atoms with Gasteiger partial charge in [0, 0.05) is 11.6 Å². The van der Waals surface area contributed by atoms with Gasteiger partial charge in [-0.15, -0.1) is 0 Å². The molecule has 1 aliphatic rings. The minimum Gasteiger partial charge on any atom is -0.325 e. The molecule has 2 unspecified atom stereocenters. The Bertz CT molecular complexity index is 399. The van der Waals surface area contributed by atoms with Crippen LogP contribution >= 0.6 is 0 Å². The van der Waals surface area contributed by atoms with Crippen LogP contribution in [0.15, 0.2) is 18.2 Å². The number of hydrogen-bond acceptors (Lipinski definition) is 1. The van der Waals surface area contributed by atoms with Gasteiger partial charge in [0.05, 0.1) is 0 Å². The van der Waals surface area contributed by atoms with Crippen LogP contribution in [0, 0.1) is 17.6 Å². The number of hydrogen-bond donors (Lipinski definition) is 1. The van der Waals surface area contributed by atoms with E-state index in [1.54, 1.807) is 0 Å². The average molecular weight is 253 g/mol. The largest absolute Gasteiger partial charge is 0.325 e. The van der Waals surface area contributed by atoms with Gasteiger partial charge in [0.1, 0.15) is 11.6 Å². The predicted molar refractivity (Wildman–Crippen MR) is 69.2 cm³/mol. The van der Waals surface area contributed by atoms with E-state index in [0.29, 0.717) is 17.9 Å². The van der Waals surface area contributed by atoms with Crippen LogP contribution in [0.1, 0.15) is 44.6 Å². The molecule has 0 heterocycles. The van der Waals surface area contributed by atoms with E-state index in [-0.39, 0.29) is 5.54 Å². The van der Waals surface area contributed by atoms with Crippen LogP contribution in [0.3, 0.4) is 0 Å². The van der Waals surface area contributed by atoms with Gasteiger partial charge in [0.2, 0.25) is 0 Å². The zero-order chi connectivity index (χ0) is 13.2. The highest BCUT2D eigenvalue weighted by molar-refractivity contribution is 5.20. The number of halogens is 2. The zero-order valence-corrected chi connectivity index (χ0v) is 10.9. The Hall–Kier alpha value is -0.960. The number of nitrogens with two attached hydrogens (primary N) is 1. The average Bonchev–Trinajstić information content (AvgIpc) is 2.39. The van der Waals surface area contributed by atoms with Crippen LogP contribution in [0.5, 0.6) is 0 Å². The van der Waals surface area contributed by atoms with Crippen LogP contribution in [0.2, 0.25) is 0 Å². The van der Waals surface area contributed by atoms with Gasteiger partial charge in [0.25, 0.3) is 0 Å². The van der Waals surface area contributed by atoms with Crippen molar-refractivity contribution in [1.29, 1.82) is 0 Å². The molecule has 1 nitrogen and oxygen atoms in total. The van der Waals surface area contributed by atoms with Crippen molar-refractivity contribution in [2.24, 2.45) is 11.7 Å². The Kier molecular flexibility index (Phi) is 4.00. The van der Waals surface area contributed by atoms with Gasteiger partial charge in [-0.1, -0.05) is 19.8 Å². The quantitative estimate of drug-likeness (QED) is 0.797. The lowest BCUT2D eigenvalue weighted by Crippen LogP contribution is -2.41. The van der Waals surface area contributed by atoms with Crippen molar-refractivity contribution in [3.8, 4) is 0 Å². The first-order valence-corrected chi connectivity index (χ1v) is 6.71. The van der Waals surface area contributed by atoms with E-state index >= 15 is 0 Å². The molecule has 2 rings (SSSR count). The van der Waals surface area contributed by atoms with Crippen molar-refractivity contribution < 1.29 is 8.78 Å². The molecule has 1 aromatic carbocycles. The normalized spacial score (nSPS) is 29.0. The fraction of sp³-hybridized carbons (Fsp3) is 0.600. The monoisotopic (exact) mass is 253 g/mol. The van der Waals surface area contributed by atoms with E-state index in [1.165, 1.54) is 18.6 Å². The summed E-state index contributed by atoms with van der Waals surface area (Å²) in [6, 6.07) is 3.69. The molecule has 100 valence electrons.